The molecule has 1 aliphatic rings. The molecular weight excluding hydrogens is 316 g/mol. The Morgan fingerprint density at radius 1 is 1.48 bits per heavy atom. The second-order valence-electron chi connectivity index (χ2n) is 6.78. The van der Waals surface area contributed by atoms with Crippen molar-refractivity contribution in [1.29, 1.82) is 0 Å². The van der Waals surface area contributed by atoms with Gasteiger partial charge in [-0.2, -0.15) is 5.10 Å². The van der Waals surface area contributed by atoms with Crippen LogP contribution in [0.1, 0.15) is 24.0 Å². The van der Waals surface area contributed by atoms with Gasteiger partial charge in [0.2, 0.25) is 5.91 Å². The Kier molecular flexibility index (Phi) is 5.38. The maximum absolute atomic E-state index is 12.8. The highest BCUT2D eigenvalue weighted by molar-refractivity contribution is 5.80. The first-order chi connectivity index (χ1) is 12.1. The molecular formula is C19H26N4O2. The minimum Gasteiger partial charge on any atom is -0.497 e. The minimum absolute atomic E-state index is 0.0584. The van der Waals surface area contributed by atoms with E-state index in [4.69, 9.17) is 4.74 Å². The van der Waals surface area contributed by atoms with E-state index in [-0.39, 0.29) is 23.8 Å². The molecule has 6 heteroatoms. The fourth-order valence-electron chi connectivity index (χ4n) is 3.49. The lowest BCUT2D eigenvalue weighted by Gasteiger charge is -2.21. The predicted molar refractivity (Wildman–Crippen MR) is 96.6 cm³/mol. The van der Waals surface area contributed by atoms with Crippen LogP contribution >= 0.6 is 0 Å². The number of carbonyl (C=O) groups is 1. The van der Waals surface area contributed by atoms with Crippen molar-refractivity contribution in [3.63, 3.8) is 0 Å². The first-order valence-electron chi connectivity index (χ1n) is 8.69. The van der Waals surface area contributed by atoms with Crippen molar-refractivity contribution in [1.82, 2.24) is 20.4 Å². The fraction of sp³-hybridized carbons (Fsp3) is 0.474. The second-order valence-corrected chi connectivity index (χ2v) is 6.78. The molecule has 0 radical (unpaired) electrons. The molecule has 134 valence electrons. The number of benzene rings is 1. The van der Waals surface area contributed by atoms with Crippen LogP contribution < -0.4 is 15.4 Å². The molecule has 2 aromatic rings. The van der Waals surface area contributed by atoms with Gasteiger partial charge >= 0.3 is 0 Å². The topological polar surface area (TPSA) is 68.2 Å². The van der Waals surface area contributed by atoms with Gasteiger partial charge in [0.25, 0.3) is 0 Å². The zero-order chi connectivity index (χ0) is 17.8. The van der Waals surface area contributed by atoms with Gasteiger partial charge in [0.1, 0.15) is 5.75 Å². The lowest BCUT2D eigenvalue weighted by molar-refractivity contribution is -0.125. The van der Waals surface area contributed by atoms with Crippen LogP contribution in [0.2, 0.25) is 0 Å². The molecule has 1 aliphatic heterocycles. The summed E-state index contributed by atoms with van der Waals surface area (Å²) in [6, 6.07) is 8.03. The van der Waals surface area contributed by atoms with Crippen LogP contribution in [-0.4, -0.2) is 41.9 Å². The molecule has 2 N–H and O–H groups in total. The van der Waals surface area contributed by atoms with Gasteiger partial charge in [0.15, 0.2) is 0 Å². The summed E-state index contributed by atoms with van der Waals surface area (Å²) in [4.78, 5) is 12.8. The number of hydrogen-bond acceptors (Lipinski definition) is 4. The van der Waals surface area contributed by atoms with Crippen LogP contribution in [0.5, 0.6) is 5.75 Å². The molecule has 1 aromatic carbocycles. The van der Waals surface area contributed by atoms with Crippen LogP contribution in [0.3, 0.4) is 0 Å². The Balaban J connectivity index is 1.60. The van der Waals surface area contributed by atoms with Crippen LogP contribution in [-0.2, 0) is 18.3 Å². The summed E-state index contributed by atoms with van der Waals surface area (Å²) in [5, 5.41) is 10.7. The lowest BCUT2D eigenvalue weighted by Crippen LogP contribution is -2.40. The number of rotatable bonds is 6. The summed E-state index contributed by atoms with van der Waals surface area (Å²) in [6.07, 6.45) is 4.63. The van der Waals surface area contributed by atoms with Crippen molar-refractivity contribution in [3.05, 3.63) is 47.8 Å². The Morgan fingerprint density at radius 2 is 2.32 bits per heavy atom. The van der Waals surface area contributed by atoms with E-state index in [1.807, 2.05) is 44.6 Å². The molecule has 3 atom stereocenters. The average molecular weight is 342 g/mol. The van der Waals surface area contributed by atoms with Gasteiger partial charge in [-0.15, -0.1) is 0 Å². The van der Waals surface area contributed by atoms with E-state index in [0.29, 0.717) is 6.54 Å². The number of aryl methyl sites for hydroxylation is 1. The largest absolute Gasteiger partial charge is 0.497 e. The highest BCUT2D eigenvalue weighted by Crippen LogP contribution is 2.28. The third-order valence-corrected chi connectivity index (χ3v) is 4.77. The maximum atomic E-state index is 12.8. The molecule has 0 saturated carbocycles. The van der Waals surface area contributed by atoms with E-state index in [1.165, 1.54) is 0 Å². The van der Waals surface area contributed by atoms with Crippen molar-refractivity contribution in [3.8, 4) is 5.75 Å². The number of aromatic nitrogens is 2. The smallest absolute Gasteiger partial charge is 0.225 e. The number of methoxy groups -OCH3 is 1. The van der Waals surface area contributed by atoms with Crippen molar-refractivity contribution in [2.45, 2.75) is 25.3 Å². The normalized spacial score (nSPS) is 21.1. The van der Waals surface area contributed by atoms with Crippen LogP contribution in [0.4, 0.5) is 0 Å². The molecule has 1 amide bonds. The molecule has 2 heterocycles. The first-order valence-corrected chi connectivity index (χ1v) is 8.69. The summed E-state index contributed by atoms with van der Waals surface area (Å²) in [5.41, 5.74) is 2.27. The van der Waals surface area contributed by atoms with E-state index in [2.05, 4.69) is 21.8 Å². The van der Waals surface area contributed by atoms with E-state index in [0.717, 1.165) is 29.8 Å². The zero-order valence-electron chi connectivity index (χ0n) is 15.0. The predicted octanol–water partition coefficient (Wildman–Crippen LogP) is 1.48. The van der Waals surface area contributed by atoms with Crippen molar-refractivity contribution in [2.24, 2.45) is 13.0 Å². The van der Waals surface area contributed by atoms with E-state index in [9.17, 15) is 4.79 Å². The molecule has 0 spiro atoms. The SMILES string of the molecule is COc1cccc(CC(C)NC(=O)[C@H]2CNC[C@@H]2c2cnn(C)c2)c1. The van der Waals surface area contributed by atoms with Crippen LogP contribution in [0.15, 0.2) is 36.7 Å². The Morgan fingerprint density at radius 3 is 3.04 bits per heavy atom. The fourth-order valence-corrected chi connectivity index (χ4v) is 3.49. The Hall–Kier alpha value is -2.34. The molecule has 1 unspecified atom stereocenters. The van der Waals surface area contributed by atoms with Gasteiger partial charge in [-0.3, -0.25) is 9.48 Å². The van der Waals surface area contributed by atoms with Gasteiger partial charge in [-0.05, 0) is 36.6 Å². The summed E-state index contributed by atoms with van der Waals surface area (Å²) < 4.78 is 7.05. The highest BCUT2D eigenvalue weighted by Gasteiger charge is 2.35. The number of nitrogens with zero attached hydrogens (tertiary/aromatic N) is 2. The summed E-state index contributed by atoms with van der Waals surface area (Å²) in [7, 11) is 3.56. The summed E-state index contributed by atoms with van der Waals surface area (Å²) in [6.45, 7) is 3.56. The van der Waals surface area contributed by atoms with Crippen molar-refractivity contribution >= 4 is 5.91 Å². The highest BCUT2D eigenvalue weighted by atomic mass is 16.5. The number of carbonyl (C=O) groups excluding carboxylic acids is 1. The molecule has 1 saturated heterocycles. The minimum atomic E-state index is -0.0584. The molecule has 0 bridgehead atoms. The zero-order valence-corrected chi connectivity index (χ0v) is 15.0. The van der Waals surface area contributed by atoms with E-state index < -0.39 is 0 Å². The third kappa shape index (κ3) is 4.20. The number of hydrogen-bond donors (Lipinski definition) is 2. The van der Waals surface area contributed by atoms with Crippen LogP contribution in [0.25, 0.3) is 0 Å². The van der Waals surface area contributed by atoms with Crippen molar-refractivity contribution in [2.75, 3.05) is 20.2 Å². The monoisotopic (exact) mass is 342 g/mol. The molecule has 1 aromatic heterocycles. The second kappa shape index (κ2) is 7.70. The maximum Gasteiger partial charge on any atom is 0.225 e. The van der Waals surface area contributed by atoms with Gasteiger partial charge in [-0.25, -0.2) is 0 Å². The van der Waals surface area contributed by atoms with E-state index >= 15 is 0 Å². The lowest BCUT2D eigenvalue weighted by atomic mass is 9.90. The molecule has 3 rings (SSSR count). The average Bonchev–Trinajstić information content (AvgIpc) is 3.23. The number of ether oxygens (including phenoxy) is 1. The molecule has 25 heavy (non-hydrogen) atoms. The van der Waals surface area contributed by atoms with E-state index in [1.54, 1.807) is 11.8 Å². The standard InChI is InChI=1S/C19H26N4O2/c1-13(7-14-5-4-6-16(8-14)25-3)22-19(24)18-11-20-10-17(18)15-9-21-23(2)12-15/h4-6,8-9,12-13,17-18,20H,7,10-11H2,1-3H3,(H,22,24)/t13?,17-,18+/m1/s1. The molecule has 1 fully saturated rings. The Bertz CT molecular complexity index is 728. The molecule has 6 nitrogen and oxygen atoms in total. The summed E-state index contributed by atoms with van der Waals surface area (Å²) in [5.74, 6) is 1.07. The molecule has 0 aliphatic carbocycles. The first kappa shape index (κ1) is 17.5. The summed E-state index contributed by atoms with van der Waals surface area (Å²) >= 11 is 0. The van der Waals surface area contributed by atoms with Gasteiger partial charge in [-0.1, -0.05) is 12.1 Å². The van der Waals surface area contributed by atoms with Gasteiger partial charge in [0, 0.05) is 38.3 Å². The van der Waals surface area contributed by atoms with Crippen molar-refractivity contribution < 1.29 is 9.53 Å². The Labute approximate surface area is 148 Å². The van der Waals surface area contributed by atoms with Gasteiger partial charge in [0.05, 0.1) is 19.2 Å². The quantitative estimate of drug-likeness (QED) is 0.834. The number of nitrogens with one attached hydrogen (secondary N) is 2. The third-order valence-electron chi connectivity index (χ3n) is 4.77. The van der Waals surface area contributed by atoms with Crippen LogP contribution in [0, 0.1) is 5.92 Å². The number of amides is 1. The van der Waals surface area contributed by atoms with Gasteiger partial charge < -0.3 is 15.4 Å².